The third-order valence-corrected chi connectivity index (χ3v) is 2.47. The van der Waals surface area contributed by atoms with Crippen LogP contribution in [0.5, 0.6) is 0 Å². The minimum absolute atomic E-state index is 0.0197. The van der Waals surface area contributed by atoms with Gasteiger partial charge in [-0.05, 0) is 26.2 Å². The number of rotatable bonds is 3. The van der Waals surface area contributed by atoms with E-state index in [2.05, 4.69) is 0 Å². The van der Waals surface area contributed by atoms with Crippen molar-refractivity contribution >= 4 is 5.91 Å². The molecule has 0 radical (unpaired) electrons. The highest BCUT2D eigenvalue weighted by Crippen LogP contribution is 2.23. The summed E-state index contributed by atoms with van der Waals surface area (Å²) in [5.41, 5.74) is 10.5. The lowest BCUT2D eigenvalue weighted by Gasteiger charge is -2.35. The van der Waals surface area contributed by atoms with E-state index in [0.717, 1.165) is 25.9 Å². The molecular formula is C9H18N2O2. The number of amides is 1. The highest BCUT2D eigenvalue weighted by atomic mass is 16.5. The minimum atomic E-state index is -0.605. The van der Waals surface area contributed by atoms with E-state index in [1.807, 2.05) is 6.92 Å². The lowest BCUT2D eigenvalue weighted by atomic mass is 9.87. The van der Waals surface area contributed by atoms with E-state index >= 15 is 0 Å². The van der Waals surface area contributed by atoms with E-state index in [-0.39, 0.29) is 18.4 Å². The summed E-state index contributed by atoms with van der Waals surface area (Å²) in [7, 11) is 0. The number of hydrogen-bond acceptors (Lipinski definition) is 3. The molecule has 0 aromatic carbocycles. The Hall–Kier alpha value is -0.610. The number of hydrogen-bond donors (Lipinski definition) is 2. The van der Waals surface area contributed by atoms with Gasteiger partial charge in [0, 0.05) is 18.6 Å². The molecule has 0 bridgehead atoms. The summed E-state index contributed by atoms with van der Waals surface area (Å²) in [5.74, 6) is -0.362. The molecule has 0 saturated carbocycles. The van der Waals surface area contributed by atoms with Gasteiger partial charge < -0.3 is 16.2 Å². The average Bonchev–Trinajstić information content (AvgIpc) is 2.04. The summed E-state index contributed by atoms with van der Waals surface area (Å²) in [4.78, 5) is 10.7. The van der Waals surface area contributed by atoms with Gasteiger partial charge in [0.05, 0.1) is 6.10 Å². The molecule has 4 N–H and O–H groups in total. The van der Waals surface area contributed by atoms with Crippen LogP contribution >= 0.6 is 0 Å². The van der Waals surface area contributed by atoms with Crippen molar-refractivity contribution < 1.29 is 9.53 Å². The van der Waals surface area contributed by atoms with Crippen molar-refractivity contribution in [2.45, 2.75) is 44.2 Å². The molecule has 1 aliphatic heterocycles. The standard InChI is InChI=1S/C9H18N2O2/c1-9(11,6-8(10)12)7-4-2-3-5-13-7/h7H,2-6,11H2,1H3,(H2,10,12). The predicted octanol–water partition coefficient (Wildman–Crippen LogP) is 0.148. The summed E-state index contributed by atoms with van der Waals surface area (Å²) in [5, 5.41) is 0. The fourth-order valence-corrected chi connectivity index (χ4v) is 1.75. The van der Waals surface area contributed by atoms with Gasteiger partial charge in [0.2, 0.25) is 5.91 Å². The maximum Gasteiger partial charge on any atom is 0.219 e. The molecule has 1 saturated heterocycles. The van der Waals surface area contributed by atoms with Gasteiger partial charge >= 0.3 is 0 Å². The zero-order chi connectivity index (χ0) is 9.90. The molecule has 0 aliphatic carbocycles. The van der Waals surface area contributed by atoms with Crippen molar-refractivity contribution in [2.24, 2.45) is 11.5 Å². The van der Waals surface area contributed by atoms with Crippen LogP contribution in [-0.4, -0.2) is 24.2 Å². The molecule has 1 fully saturated rings. The summed E-state index contributed by atoms with van der Waals surface area (Å²) in [6, 6.07) is 0. The van der Waals surface area contributed by atoms with E-state index in [9.17, 15) is 4.79 Å². The monoisotopic (exact) mass is 186 g/mol. The second-order valence-corrected chi connectivity index (χ2v) is 4.00. The summed E-state index contributed by atoms with van der Waals surface area (Å²) < 4.78 is 5.51. The lowest BCUT2D eigenvalue weighted by Crippen LogP contribution is -2.52. The molecule has 2 atom stereocenters. The lowest BCUT2D eigenvalue weighted by molar-refractivity contribution is -0.121. The van der Waals surface area contributed by atoms with Crippen molar-refractivity contribution in [3.05, 3.63) is 0 Å². The van der Waals surface area contributed by atoms with Crippen molar-refractivity contribution in [3.63, 3.8) is 0 Å². The normalized spacial score (nSPS) is 28.0. The van der Waals surface area contributed by atoms with Crippen LogP contribution in [0.2, 0.25) is 0 Å². The Morgan fingerprint density at radius 1 is 1.62 bits per heavy atom. The van der Waals surface area contributed by atoms with Gasteiger partial charge in [0.25, 0.3) is 0 Å². The van der Waals surface area contributed by atoms with Gasteiger partial charge in [-0.1, -0.05) is 0 Å². The smallest absolute Gasteiger partial charge is 0.219 e. The van der Waals surface area contributed by atoms with Gasteiger partial charge in [-0.3, -0.25) is 4.79 Å². The molecule has 0 spiro atoms. The summed E-state index contributed by atoms with van der Waals surface area (Å²) in [6.45, 7) is 2.57. The molecule has 76 valence electrons. The molecule has 1 rings (SSSR count). The first-order chi connectivity index (χ1) is 6.02. The molecule has 0 aromatic heterocycles. The average molecular weight is 186 g/mol. The van der Waals surface area contributed by atoms with E-state index < -0.39 is 5.54 Å². The fourth-order valence-electron chi connectivity index (χ4n) is 1.75. The molecule has 1 aliphatic rings. The summed E-state index contributed by atoms with van der Waals surface area (Å²) in [6.07, 6.45) is 3.31. The van der Waals surface area contributed by atoms with Crippen molar-refractivity contribution in [3.8, 4) is 0 Å². The van der Waals surface area contributed by atoms with Crippen LogP contribution in [-0.2, 0) is 9.53 Å². The highest BCUT2D eigenvalue weighted by Gasteiger charge is 2.33. The number of ether oxygens (including phenoxy) is 1. The van der Waals surface area contributed by atoms with Crippen molar-refractivity contribution in [2.75, 3.05) is 6.61 Å². The van der Waals surface area contributed by atoms with E-state index in [4.69, 9.17) is 16.2 Å². The first-order valence-electron chi connectivity index (χ1n) is 4.71. The van der Waals surface area contributed by atoms with Gasteiger partial charge in [-0.15, -0.1) is 0 Å². The zero-order valence-corrected chi connectivity index (χ0v) is 8.08. The summed E-state index contributed by atoms with van der Waals surface area (Å²) >= 11 is 0. The van der Waals surface area contributed by atoms with E-state index in [0.29, 0.717) is 0 Å². The molecule has 1 heterocycles. The molecule has 4 heteroatoms. The van der Waals surface area contributed by atoms with Gasteiger partial charge in [0.1, 0.15) is 0 Å². The van der Waals surface area contributed by atoms with E-state index in [1.54, 1.807) is 0 Å². The number of carbonyl (C=O) groups excluding carboxylic acids is 1. The number of nitrogens with two attached hydrogens (primary N) is 2. The Balaban J connectivity index is 2.50. The number of primary amides is 1. The Morgan fingerprint density at radius 3 is 2.77 bits per heavy atom. The van der Waals surface area contributed by atoms with Crippen molar-refractivity contribution in [1.29, 1.82) is 0 Å². The minimum Gasteiger partial charge on any atom is -0.376 e. The molecule has 1 amide bonds. The second kappa shape index (κ2) is 4.07. The van der Waals surface area contributed by atoms with Gasteiger partial charge in [0.15, 0.2) is 0 Å². The third-order valence-electron chi connectivity index (χ3n) is 2.47. The Kier molecular flexibility index (Phi) is 3.27. The Labute approximate surface area is 78.6 Å². The van der Waals surface area contributed by atoms with E-state index in [1.165, 1.54) is 0 Å². The second-order valence-electron chi connectivity index (χ2n) is 4.00. The van der Waals surface area contributed by atoms with Gasteiger partial charge in [-0.25, -0.2) is 0 Å². The van der Waals surface area contributed by atoms with Crippen LogP contribution in [0.4, 0.5) is 0 Å². The maximum absolute atomic E-state index is 10.7. The topological polar surface area (TPSA) is 78.3 Å². The van der Waals surface area contributed by atoms with Crippen LogP contribution in [0.3, 0.4) is 0 Å². The van der Waals surface area contributed by atoms with Crippen LogP contribution in [0.15, 0.2) is 0 Å². The zero-order valence-electron chi connectivity index (χ0n) is 8.08. The Bertz CT molecular complexity index is 186. The predicted molar refractivity (Wildman–Crippen MR) is 50.0 cm³/mol. The van der Waals surface area contributed by atoms with Crippen LogP contribution in [0, 0.1) is 0 Å². The molecule has 13 heavy (non-hydrogen) atoms. The first-order valence-corrected chi connectivity index (χ1v) is 4.71. The van der Waals surface area contributed by atoms with Gasteiger partial charge in [-0.2, -0.15) is 0 Å². The van der Waals surface area contributed by atoms with Crippen LogP contribution in [0.25, 0.3) is 0 Å². The van der Waals surface area contributed by atoms with Crippen LogP contribution < -0.4 is 11.5 Å². The van der Waals surface area contributed by atoms with Crippen LogP contribution in [0.1, 0.15) is 32.6 Å². The Morgan fingerprint density at radius 2 is 2.31 bits per heavy atom. The highest BCUT2D eigenvalue weighted by molar-refractivity contribution is 5.75. The first kappa shape index (κ1) is 10.5. The molecular weight excluding hydrogens is 168 g/mol. The molecule has 0 aromatic rings. The SMILES string of the molecule is CC(N)(CC(N)=O)C1CCCCO1. The largest absolute Gasteiger partial charge is 0.376 e. The number of carbonyl (C=O) groups is 1. The fraction of sp³-hybridized carbons (Fsp3) is 0.889. The van der Waals surface area contributed by atoms with Crippen molar-refractivity contribution in [1.82, 2.24) is 0 Å². The molecule has 4 nitrogen and oxygen atoms in total. The third kappa shape index (κ3) is 2.97. The quantitative estimate of drug-likeness (QED) is 0.658. The maximum atomic E-state index is 10.7. The molecule has 2 unspecified atom stereocenters.